The number of nitrogens with one attached hydrogen (secondary N) is 1. The van der Waals surface area contributed by atoms with Crippen molar-refractivity contribution in [3.63, 3.8) is 0 Å². The van der Waals surface area contributed by atoms with Gasteiger partial charge in [0.05, 0.1) is 23.8 Å². The van der Waals surface area contributed by atoms with Crippen LogP contribution in [0, 0.1) is 0 Å². The molecular weight excluding hydrogens is 224 g/mol. The van der Waals surface area contributed by atoms with Gasteiger partial charge in [-0.05, 0) is 26.8 Å². The van der Waals surface area contributed by atoms with Gasteiger partial charge in [-0.15, -0.1) is 0 Å². The Balaban J connectivity index is 1.98. The largest absolute Gasteiger partial charge is 0.384 e. The fourth-order valence-corrected chi connectivity index (χ4v) is 2.40. The van der Waals surface area contributed by atoms with Crippen molar-refractivity contribution in [2.75, 3.05) is 42.9 Å². The van der Waals surface area contributed by atoms with E-state index < -0.39 is 0 Å². The van der Waals surface area contributed by atoms with E-state index in [-0.39, 0.29) is 0 Å². The van der Waals surface area contributed by atoms with Gasteiger partial charge in [0.1, 0.15) is 0 Å². The molecule has 2 heterocycles. The zero-order chi connectivity index (χ0) is 13.0. The number of rotatable bonds is 4. The van der Waals surface area contributed by atoms with Gasteiger partial charge in [-0.2, -0.15) is 0 Å². The Morgan fingerprint density at radius 2 is 1.94 bits per heavy atom. The van der Waals surface area contributed by atoms with E-state index in [9.17, 15) is 0 Å². The number of hydrogen-bond donors (Lipinski definition) is 1. The number of hydrogen-bond acceptors (Lipinski definition) is 4. The molecule has 0 spiro atoms. The van der Waals surface area contributed by atoms with E-state index in [0.717, 1.165) is 38.4 Å². The second-order valence-electron chi connectivity index (χ2n) is 5.08. The van der Waals surface area contributed by atoms with Crippen LogP contribution in [-0.2, 0) is 0 Å². The van der Waals surface area contributed by atoms with Gasteiger partial charge < -0.3 is 10.2 Å². The third-order valence-electron chi connectivity index (χ3n) is 3.51. The summed E-state index contributed by atoms with van der Waals surface area (Å²) in [4.78, 5) is 9.26. The SMILES string of the molecule is CCNc1cncc(N2CCN(C(C)C)CC2)c1. The van der Waals surface area contributed by atoms with Crippen molar-refractivity contribution in [3.05, 3.63) is 18.5 Å². The van der Waals surface area contributed by atoms with E-state index in [1.807, 2.05) is 12.4 Å². The smallest absolute Gasteiger partial charge is 0.0574 e. The summed E-state index contributed by atoms with van der Waals surface area (Å²) in [5.74, 6) is 0. The van der Waals surface area contributed by atoms with Gasteiger partial charge in [0.15, 0.2) is 0 Å². The Labute approximate surface area is 110 Å². The highest BCUT2D eigenvalue weighted by Crippen LogP contribution is 2.19. The lowest BCUT2D eigenvalue weighted by Gasteiger charge is -2.38. The summed E-state index contributed by atoms with van der Waals surface area (Å²) < 4.78 is 0. The fourth-order valence-electron chi connectivity index (χ4n) is 2.40. The minimum Gasteiger partial charge on any atom is -0.384 e. The van der Waals surface area contributed by atoms with Crippen molar-refractivity contribution >= 4 is 11.4 Å². The van der Waals surface area contributed by atoms with Crippen molar-refractivity contribution in [1.82, 2.24) is 9.88 Å². The van der Waals surface area contributed by atoms with Crippen LogP contribution in [0.25, 0.3) is 0 Å². The van der Waals surface area contributed by atoms with Crippen LogP contribution in [0.3, 0.4) is 0 Å². The summed E-state index contributed by atoms with van der Waals surface area (Å²) in [6.45, 7) is 12.0. The van der Waals surface area contributed by atoms with Gasteiger partial charge in [0, 0.05) is 38.8 Å². The van der Waals surface area contributed by atoms with Gasteiger partial charge in [-0.1, -0.05) is 0 Å². The Bertz CT molecular complexity index is 370. The molecule has 0 amide bonds. The molecule has 4 nitrogen and oxygen atoms in total. The molecule has 1 aromatic heterocycles. The van der Waals surface area contributed by atoms with E-state index >= 15 is 0 Å². The molecule has 0 bridgehead atoms. The van der Waals surface area contributed by atoms with Crippen molar-refractivity contribution in [1.29, 1.82) is 0 Å². The topological polar surface area (TPSA) is 31.4 Å². The number of piperazine rings is 1. The van der Waals surface area contributed by atoms with Crippen LogP contribution in [0.1, 0.15) is 20.8 Å². The predicted octanol–water partition coefficient (Wildman–Crippen LogP) is 2.04. The molecule has 4 heteroatoms. The minimum absolute atomic E-state index is 0.651. The Morgan fingerprint density at radius 3 is 2.56 bits per heavy atom. The highest BCUT2D eigenvalue weighted by atomic mass is 15.3. The number of anilines is 2. The molecule has 0 saturated carbocycles. The molecule has 1 aliphatic rings. The molecular formula is C14H24N4. The summed E-state index contributed by atoms with van der Waals surface area (Å²) in [6, 6.07) is 2.85. The second kappa shape index (κ2) is 6.05. The molecule has 100 valence electrons. The van der Waals surface area contributed by atoms with Crippen LogP contribution in [-0.4, -0.2) is 48.6 Å². The normalized spacial score (nSPS) is 17.2. The molecule has 0 atom stereocenters. The molecule has 1 saturated heterocycles. The Morgan fingerprint density at radius 1 is 1.22 bits per heavy atom. The first-order chi connectivity index (χ1) is 8.70. The highest BCUT2D eigenvalue weighted by molar-refractivity contribution is 5.55. The van der Waals surface area contributed by atoms with E-state index in [1.54, 1.807) is 0 Å². The Kier molecular flexibility index (Phi) is 4.42. The first-order valence-electron chi connectivity index (χ1n) is 6.88. The zero-order valence-corrected chi connectivity index (χ0v) is 11.7. The number of nitrogens with zero attached hydrogens (tertiary/aromatic N) is 3. The molecule has 1 N–H and O–H groups in total. The number of pyridine rings is 1. The maximum Gasteiger partial charge on any atom is 0.0574 e. The average molecular weight is 248 g/mol. The van der Waals surface area contributed by atoms with Gasteiger partial charge in [-0.3, -0.25) is 9.88 Å². The highest BCUT2D eigenvalue weighted by Gasteiger charge is 2.19. The molecule has 18 heavy (non-hydrogen) atoms. The lowest BCUT2D eigenvalue weighted by molar-refractivity contribution is 0.209. The van der Waals surface area contributed by atoms with Crippen molar-refractivity contribution in [3.8, 4) is 0 Å². The lowest BCUT2D eigenvalue weighted by atomic mass is 10.2. The molecule has 2 rings (SSSR count). The van der Waals surface area contributed by atoms with E-state index in [4.69, 9.17) is 0 Å². The summed E-state index contributed by atoms with van der Waals surface area (Å²) in [5, 5.41) is 3.31. The summed E-state index contributed by atoms with van der Waals surface area (Å²) in [5.41, 5.74) is 2.35. The quantitative estimate of drug-likeness (QED) is 0.883. The molecule has 0 aromatic carbocycles. The van der Waals surface area contributed by atoms with E-state index in [2.05, 4.69) is 46.9 Å². The minimum atomic E-state index is 0.651. The third kappa shape index (κ3) is 3.13. The van der Waals surface area contributed by atoms with Crippen LogP contribution in [0.2, 0.25) is 0 Å². The first kappa shape index (κ1) is 13.1. The van der Waals surface area contributed by atoms with Gasteiger partial charge in [-0.25, -0.2) is 0 Å². The maximum atomic E-state index is 4.31. The second-order valence-corrected chi connectivity index (χ2v) is 5.08. The average Bonchev–Trinajstić information content (AvgIpc) is 2.39. The molecule has 1 fully saturated rings. The summed E-state index contributed by atoms with van der Waals surface area (Å²) in [7, 11) is 0. The molecule has 0 unspecified atom stereocenters. The van der Waals surface area contributed by atoms with Crippen LogP contribution < -0.4 is 10.2 Å². The van der Waals surface area contributed by atoms with Crippen molar-refractivity contribution in [2.24, 2.45) is 0 Å². The monoisotopic (exact) mass is 248 g/mol. The first-order valence-corrected chi connectivity index (χ1v) is 6.88. The van der Waals surface area contributed by atoms with Crippen LogP contribution in [0.15, 0.2) is 18.5 Å². The molecule has 1 aromatic rings. The van der Waals surface area contributed by atoms with Crippen LogP contribution in [0.5, 0.6) is 0 Å². The van der Waals surface area contributed by atoms with Crippen molar-refractivity contribution < 1.29 is 0 Å². The fraction of sp³-hybridized carbons (Fsp3) is 0.643. The number of aromatic nitrogens is 1. The zero-order valence-electron chi connectivity index (χ0n) is 11.7. The van der Waals surface area contributed by atoms with Crippen LogP contribution in [0.4, 0.5) is 11.4 Å². The van der Waals surface area contributed by atoms with Crippen molar-refractivity contribution in [2.45, 2.75) is 26.8 Å². The van der Waals surface area contributed by atoms with Crippen LogP contribution >= 0.6 is 0 Å². The summed E-state index contributed by atoms with van der Waals surface area (Å²) in [6.07, 6.45) is 3.85. The van der Waals surface area contributed by atoms with E-state index in [0.29, 0.717) is 6.04 Å². The van der Waals surface area contributed by atoms with Gasteiger partial charge >= 0.3 is 0 Å². The molecule has 0 aliphatic carbocycles. The molecule has 0 radical (unpaired) electrons. The van der Waals surface area contributed by atoms with Gasteiger partial charge in [0.2, 0.25) is 0 Å². The predicted molar refractivity (Wildman–Crippen MR) is 77.3 cm³/mol. The lowest BCUT2D eigenvalue weighted by Crippen LogP contribution is -2.48. The van der Waals surface area contributed by atoms with Gasteiger partial charge in [0.25, 0.3) is 0 Å². The Hall–Kier alpha value is -1.29. The standard InChI is InChI=1S/C14H24N4/c1-4-16-13-9-14(11-15-10-13)18-7-5-17(6-8-18)12(2)3/h9-12,16H,4-8H2,1-3H3. The third-order valence-corrected chi connectivity index (χ3v) is 3.51. The van der Waals surface area contributed by atoms with E-state index in [1.165, 1.54) is 5.69 Å². The molecule has 1 aliphatic heterocycles. The maximum absolute atomic E-state index is 4.31. The summed E-state index contributed by atoms with van der Waals surface area (Å²) >= 11 is 0.